The van der Waals surface area contributed by atoms with Gasteiger partial charge in [-0.3, -0.25) is 0 Å². The number of aromatic hydroxyl groups is 3. The number of phenolic OH excluding ortho intramolecular Hbond substituents is 3. The molecule has 0 aliphatic rings. The van der Waals surface area contributed by atoms with Crippen molar-refractivity contribution in [3.05, 3.63) is 47.0 Å². The summed E-state index contributed by atoms with van der Waals surface area (Å²) in [7, 11) is 0. The summed E-state index contributed by atoms with van der Waals surface area (Å²) >= 11 is 0. The fraction of sp³-hybridized carbons (Fsp3) is 0.200. The van der Waals surface area contributed by atoms with E-state index in [0.717, 1.165) is 16.8 Å². The summed E-state index contributed by atoms with van der Waals surface area (Å²) in [5, 5.41) is 31.9. The van der Waals surface area contributed by atoms with E-state index in [4.69, 9.17) is 0 Å². The van der Waals surface area contributed by atoms with E-state index in [9.17, 15) is 15.3 Å². The molecule has 0 radical (unpaired) electrons. The Kier molecular flexibility index (Phi) is 3.51. The quantitative estimate of drug-likeness (QED) is 0.505. The number of benzene rings is 2. The molecule has 2 aromatic carbocycles. The average Bonchev–Trinajstić information content (AvgIpc) is 2.37. The highest BCUT2D eigenvalue weighted by molar-refractivity contribution is 5.57. The van der Waals surface area contributed by atoms with Crippen molar-refractivity contribution >= 4 is 5.69 Å². The van der Waals surface area contributed by atoms with Crippen molar-refractivity contribution in [2.24, 2.45) is 0 Å². The number of phenols is 3. The standard InChI is InChI=1S/C15H17NO3/c1-9-7-14(18)10(2)6-12(9)16-8-11-4-3-5-13(17)15(11)19/h3-7,16-19H,8H2,1-2H3. The highest BCUT2D eigenvalue weighted by Crippen LogP contribution is 2.30. The number of rotatable bonds is 3. The molecule has 0 fully saturated rings. The summed E-state index contributed by atoms with van der Waals surface area (Å²) < 4.78 is 0. The molecule has 4 heteroatoms. The second kappa shape index (κ2) is 5.10. The van der Waals surface area contributed by atoms with Crippen molar-refractivity contribution in [3.63, 3.8) is 0 Å². The molecule has 0 aliphatic carbocycles. The second-order valence-electron chi connectivity index (χ2n) is 4.59. The van der Waals surface area contributed by atoms with E-state index in [1.165, 1.54) is 6.07 Å². The summed E-state index contributed by atoms with van der Waals surface area (Å²) in [5.74, 6) is 0.0318. The van der Waals surface area contributed by atoms with Gasteiger partial charge < -0.3 is 20.6 Å². The molecule has 4 N–H and O–H groups in total. The fourth-order valence-corrected chi connectivity index (χ4v) is 1.90. The predicted molar refractivity (Wildman–Crippen MR) is 74.7 cm³/mol. The van der Waals surface area contributed by atoms with Gasteiger partial charge in [-0.2, -0.15) is 0 Å². The first-order valence-electron chi connectivity index (χ1n) is 6.03. The van der Waals surface area contributed by atoms with Gasteiger partial charge in [-0.1, -0.05) is 12.1 Å². The van der Waals surface area contributed by atoms with Crippen LogP contribution in [-0.2, 0) is 6.54 Å². The largest absolute Gasteiger partial charge is 0.508 e. The lowest BCUT2D eigenvalue weighted by atomic mass is 10.1. The molecule has 0 bridgehead atoms. The number of aryl methyl sites for hydroxylation is 2. The molecule has 4 nitrogen and oxygen atoms in total. The first-order chi connectivity index (χ1) is 8.99. The van der Waals surface area contributed by atoms with Gasteiger partial charge in [0.05, 0.1) is 0 Å². The lowest BCUT2D eigenvalue weighted by Crippen LogP contribution is -2.01. The van der Waals surface area contributed by atoms with Crippen LogP contribution in [0.5, 0.6) is 17.2 Å². The maximum Gasteiger partial charge on any atom is 0.162 e. The number of hydrogen-bond acceptors (Lipinski definition) is 4. The number of para-hydroxylation sites is 1. The smallest absolute Gasteiger partial charge is 0.162 e. The van der Waals surface area contributed by atoms with Crippen LogP contribution in [0.25, 0.3) is 0 Å². The Balaban J connectivity index is 2.19. The van der Waals surface area contributed by atoms with Crippen LogP contribution >= 0.6 is 0 Å². The van der Waals surface area contributed by atoms with E-state index in [1.807, 2.05) is 19.9 Å². The monoisotopic (exact) mass is 259 g/mol. The minimum Gasteiger partial charge on any atom is -0.508 e. The molecular weight excluding hydrogens is 242 g/mol. The van der Waals surface area contributed by atoms with Gasteiger partial charge in [0.1, 0.15) is 5.75 Å². The topological polar surface area (TPSA) is 72.7 Å². The Bertz CT molecular complexity index is 609. The molecule has 2 rings (SSSR count). The predicted octanol–water partition coefficient (Wildman–Crippen LogP) is 3.03. The van der Waals surface area contributed by atoms with Gasteiger partial charge in [0, 0.05) is 17.8 Å². The third-order valence-electron chi connectivity index (χ3n) is 3.11. The van der Waals surface area contributed by atoms with E-state index >= 15 is 0 Å². The van der Waals surface area contributed by atoms with E-state index in [2.05, 4.69) is 5.32 Å². The molecule has 0 spiro atoms. The Morgan fingerprint density at radius 2 is 1.68 bits per heavy atom. The summed E-state index contributed by atoms with van der Waals surface area (Å²) in [5.41, 5.74) is 3.21. The maximum atomic E-state index is 9.71. The molecular formula is C15H17NO3. The third-order valence-corrected chi connectivity index (χ3v) is 3.11. The van der Waals surface area contributed by atoms with Crippen LogP contribution in [0.2, 0.25) is 0 Å². The van der Waals surface area contributed by atoms with Gasteiger partial charge in [-0.25, -0.2) is 0 Å². The van der Waals surface area contributed by atoms with Crippen molar-refractivity contribution in [2.75, 3.05) is 5.32 Å². The zero-order chi connectivity index (χ0) is 14.0. The first kappa shape index (κ1) is 13.1. The third kappa shape index (κ3) is 2.73. The van der Waals surface area contributed by atoms with Crippen molar-refractivity contribution in [1.29, 1.82) is 0 Å². The van der Waals surface area contributed by atoms with Gasteiger partial charge in [0.25, 0.3) is 0 Å². The summed E-state index contributed by atoms with van der Waals surface area (Å²) in [6.45, 7) is 4.11. The molecule has 0 aliphatic heterocycles. The van der Waals surface area contributed by atoms with E-state index < -0.39 is 0 Å². The second-order valence-corrected chi connectivity index (χ2v) is 4.59. The Labute approximate surface area is 112 Å². The lowest BCUT2D eigenvalue weighted by Gasteiger charge is -2.13. The van der Waals surface area contributed by atoms with Crippen LogP contribution in [-0.4, -0.2) is 15.3 Å². The molecule has 0 atom stereocenters. The first-order valence-corrected chi connectivity index (χ1v) is 6.03. The minimum atomic E-state index is -0.127. The van der Waals surface area contributed by atoms with Crippen molar-refractivity contribution in [3.8, 4) is 17.2 Å². The van der Waals surface area contributed by atoms with Crippen molar-refractivity contribution < 1.29 is 15.3 Å². The SMILES string of the molecule is Cc1cc(NCc2cccc(O)c2O)c(C)cc1O. The van der Waals surface area contributed by atoms with Gasteiger partial charge >= 0.3 is 0 Å². The Morgan fingerprint density at radius 1 is 0.947 bits per heavy atom. The summed E-state index contributed by atoms with van der Waals surface area (Å²) in [4.78, 5) is 0. The van der Waals surface area contributed by atoms with E-state index in [-0.39, 0.29) is 17.2 Å². The molecule has 100 valence electrons. The highest BCUT2D eigenvalue weighted by Gasteiger charge is 2.07. The zero-order valence-electron chi connectivity index (χ0n) is 10.9. The summed E-state index contributed by atoms with van der Waals surface area (Å²) in [6.07, 6.45) is 0. The molecule has 0 heterocycles. The van der Waals surface area contributed by atoms with Crippen LogP contribution in [0.15, 0.2) is 30.3 Å². The maximum absolute atomic E-state index is 9.71. The number of anilines is 1. The molecule has 0 saturated heterocycles. The van der Waals surface area contributed by atoms with Gasteiger partial charge in [-0.05, 0) is 43.2 Å². The van der Waals surface area contributed by atoms with Gasteiger partial charge in [-0.15, -0.1) is 0 Å². The lowest BCUT2D eigenvalue weighted by molar-refractivity contribution is 0.400. The molecule has 0 saturated carbocycles. The van der Waals surface area contributed by atoms with E-state index in [1.54, 1.807) is 18.2 Å². The fourth-order valence-electron chi connectivity index (χ4n) is 1.90. The van der Waals surface area contributed by atoms with Crippen molar-refractivity contribution in [2.45, 2.75) is 20.4 Å². The molecule has 19 heavy (non-hydrogen) atoms. The van der Waals surface area contributed by atoms with Gasteiger partial charge in [0.2, 0.25) is 0 Å². The minimum absolute atomic E-state index is 0.108. The normalized spacial score (nSPS) is 10.4. The molecule has 0 unspecified atom stereocenters. The Hall–Kier alpha value is -2.36. The van der Waals surface area contributed by atoms with Gasteiger partial charge in [0.15, 0.2) is 11.5 Å². The number of nitrogens with one attached hydrogen (secondary N) is 1. The van der Waals surface area contributed by atoms with Crippen LogP contribution in [0.1, 0.15) is 16.7 Å². The van der Waals surface area contributed by atoms with Crippen LogP contribution in [0.3, 0.4) is 0 Å². The van der Waals surface area contributed by atoms with E-state index in [0.29, 0.717) is 12.1 Å². The highest BCUT2D eigenvalue weighted by atomic mass is 16.3. The molecule has 0 amide bonds. The molecule has 2 aromatic rings. The van der Waals surface area contributed by atoms with Crippen LogP contribution < -0.4 is 5.32 Å². The van der Waals surface area contributed by atoms with Crippen LogP contribution in [0.4, 0.5) is 5.69 Å². The zero-order valence-corrected chi connectivity index (χ0v) is 10.9. The summed E-state index contributed by atoms with van der Waals surface area (Å²) in [6, 6.07) is 8.41. The van der Waals surface area contributed by atoms with Crippen LogP contribution in [0, 0.1) is 13.8 Å². The Morgan fingerprint density at radius 3 is 2.42 bits per heavy atom. The number of hydrogen-bond donors (Lipinski definition) is 4. The average molecular weight is 259 g/mol. The molecule has 0 aromatic heterocycles. The van der Waals surface area contributed by atoms with Crippen molar-refractivity contribution in [1.82, 2.24) is 0 Å².